The van der Waals surface area contributed by atoms with Crippen molar-refractivity contribution in [2.45, 2.75) is 12.8 Å². The highest BCUT2D eigenvalue weighted by Gasteiger charge is 2.07. The summed E-state index contributed by atoms with van der Waals surface area (Å²) >= 11 is 17.7. The largest absolute Gasteiger partial charge is 0.325 e. The van der Waals surface area contributed by atoms with E-state index in [4.69, 9.17) is 34.8 Å². The molecule has 0 aliphatic heterocycles. The monoisotopic (exact) mass is 327 g/mol. The molecule has 0 saturated carbocycles. The van der Waals surface area contributed by atoms with E-state index < -0.39 is 0 Å². The molecular weight excluding hydrogens is 317 g/mol. The number of anilines is 1. The molecule has 0 saturated heterocycles. The van der Waals surface area contributed by atoms with Gasteiger partial charge in [0, 0.05) is 16.5 Å². The summed E-state index contributed by atoms with van der Waals surface area (Å²) in [5, 5.41) is 4.39. The predicted molar refractivity (Wildman–Crippen MR) is 84.9 cm³/mol. The Bertz CT molecular complexity index is 628. The first-order chi connectivity index (χ1) is 9.54. The van der Waals surface area contributed by atoms with Crippen molar-refractivity contribution in [1.29, 1.82) is 0 Å². The summed E-state index contributed by atoms with van der Waals surface area (Å²) in [5.41, 5.74) is 1.59. The van der Waals surface area contributed by atoms with Crippen LogP contribution < -0.4 is 5.32 Å². The van der Waals surface area contributed by atoms with Crippen molar-refractivity contribution in [1.82, 2.24) is 0 Å². The highest BCUT2D eigenvalue weighted by atomic mass is 35.5. The van der Waals surface area contributed by atoms with Crippen LogP contribution in [0.15, 0.2) is 42.5 Å². The van der Waals surface area contributed by atoms with E-state index in [0.29, 0.717) is 33.6 Å². The van der Waals surface area contributed by atoms with Gasteiger partial charge in [0.25, 0.3) is 0 Å². The van der Waals surface area contributed by atoms with Crippen LogP contribution in [0.4, 0.5) is 5.69 Å². The van der Waals surface area contributed by atoms with Gasteiger partial charge in [-0.25, -0.2) is 0 Å². The molecule has 0 unspecified atom stereocenters. The van der Waals surface area contributed by atoms with E-state index in [1.54, 1.807) is 24.3 Å². The molecule has 0 heterocycles. The Labute approximate surface area is 132 Å². The molecule has 0 aliphatic carbocycles. The summed E-state index contributed by atoms with van der Waals surface area (Å²) in [7, 11) is 0. The van der Waals surface area contributed by atoms with Crippen LogP contribution in [0.25, 0.3) is 0 Å². The maximum Gasteiger partial charge on any atom is 0.224 e. The summed E-state index contributed by atoms with van der Waals surface area (Å²) in [4.78, 5) is 11.9. The van der Waals surface area contributed by atoms with E-state index in [1.165, 1.54) is 0 Å². The summed E-state index contributed by atoms with van der Waals surface area (Å²) < 4.78 is 0. The van der Waals surface area contributed by atoms with Gasteiger partial charge in [0.1, 0.15) is 0 Å². The fourth-order valence-electron chi connectivity index (χ4n) is 1.75. The summed E-state index contributed by atoms with van der Waals surface area (Å²) in [6.45, 7) is 0. The topological polar surface area (TPSA) is 29.1 Å². The molecular formula is C15H12Cl3NO. The zero-order chi connectivity index (χ0) is 14.5. The van der Waals surface area contributed by atoms with Gasteiger partial charge in [-0.15, -0.1) is 0 Å². The maximum atomic E-state index is 11.9. The van der Waals surface area contributed by atoms with E-state index in [-0.39, 0.29) is 5.91 Å². The third kappa shape index (κ3) is 4.41. The smallest absolute Gasteiger partial charge is 0.224 e. The molecule has 1 N–H and O–H groups in total. The molecule has 0 aliphatic rings. The Balaban J connectivity index is 1.92. The van der Waals surface area contributed by atoms with E-state index in [1.807, 2.05) is 18.2 Å². The molecule has 104 valence electrons. The molecule has 20 heavy (non-hydrogen) atoms. The zero-order valence-corrected chi connectivity index (χ0v) is 12.8. The average Bonchev–Trinajstić information content (AvgIpc) is 2.40. The lowest BCUT2D eigenvalue weighted by molar-refractivity contribution is -0.116. The van der Waals surface area contributed by atoms with Crippen LogP contribution in [0.2, 0.25) is 15.1 Å². The lowest BCUT2D eigenvalue weighted by Gasteiger charge is -2.07. The molecule has 0 radical (unpaired) electrons. The van der Waals surface area contributed by atoms with Crippen LogP contribution in [0, 0.1) is 0 Å². The van der Waals surface area contributed by atoms with Crippen LogP contribution in [-0.4, -0.2) is 5.91 Å². The SMILES string of the molecule is O=C(CCc1cccc(Cl)c1)Nc1ccc(Cl)cc1Cl. The van der Waals surface area contributed by atoms with Gasteiger partial charge in [-0.1, -0.05) is 46.9 Å². The maximum absolute atomic E-state index is 11.9. The Morgan fingerprint density at radius 1 is 1.00 bits per heavy atom. The lowest BCUT2D eigenvalue weighted by atomic mass is 10.1. The molecule has 1 amide bonds. The number of carbonyl (C=O) groups is 1. The number of aryl methyl sites for hydroxylation is 1. The standard InChI is InChI=1S/C15H12Cl3NO/c16-11-3-1-2-10(8-11)4-7-15(20)19-14-6-5-12(17)9-13(14)18/h1-3,5-6,8-9H,4,7H2,(H,19,20). The van der Waals surface area contributed by atoms with Gasteiger partial charge in [0.15, 0.2) is 0 Å². The van der Waals surface area contributed by atoms with Gasteiger partial charge in [-0.3, -0.25) is 4.79 Å². The minimum atomic E-state index is -0.103. The number of benzene rings is 2. The van der Waals surface area contributed by atoms with E-state index in [2.05, 4.69) is 5.32 Å². The molecule has 0 atom stereocenters. The molecule has 2 aromatic carbocycles. The summed E-state index contributed by atoms with van der Waals surface area (Å²) in [6.07, 6.45) is 0.983. The van der Waals surface area contributed by atoms with Crippen molar-refractivity contribution in [2.24, 2.45) is 0 Å². The number of nitrogens with one attached hydrogen (secondary N) is 1. The van der Waals surface area contributed by atoms with Crippen LogP contribution in [-0.2, 0) is 11.2 Å². The van der Waals surface area contributed by atoms with Gasteiger partial charge in [0.2, 0.25) is 5.91 Å². The molecule has 2 rings (SSSR count). The molecule has 0 spiro atoms. The molecule has 2 nitrogen and oxygen atoms in total. The Hall–Kier alpha value is -1.22. The molecule has 0 aromatic heterocycles. The first-order valence-electron chi connectivity index (χ1n) is 6.04. The average molecular weight is 329 g/mol. The van der Waals surface area contributed by atoms with Crippen molar-refractivity contribution >= 4 is 46.4 Å². The van der Waals surface area contributed by atoms with E-state index in [9.17, 15) is 4.79 Å². The van der Waals surface area contributed by atoms with E-state index >= 15 is 0 Å². The lowest BCUT2D eigenvalue weighted by Crippen LogP contribution is -2.12. The van der Waals surface area contributed by atoms with Crippen molar-refractivity contribution in [3.05, 3.63) is 63.1 Å². The highest BCUT2D eigenvalue weighted by molar-refractivity contribution is 6.36. The Morgan fingerprint density at radius 2 is 1.75 bits per heavy atom. The van der Waals surface area contributed by atoms with Crippen LogP contribution in [0.3, 0.4) is 0 Å². The second kappa shape index (κ2) is 6.98. The van der Waals surface area contributed by atoms with Crippen LogP contribution in [0.5, 0.6) is 0 Å². The number of hydrogen-bond acceptors (Lipinski definition) is 1. The minimum Gasteiger partial charge on any atom is -0.325 e. The van der Waals surface area contributed by atoms with Gasteiger partial charge in [0.05, 0.1) is 10.7 Å². The fourth-order valence-corrected chi connectivity index (χ4v) is 2.42. The second-order valence-electron chi connectivity index (χ2n) is 4.30. The minimum absolute atomic E-state index is 0.103. The van der Waals surface area contributed by atoms with Gasteiger partial charge in [-0.2, -0.15) is 0 Å². The summed E-state index contributed by atoms with van der Waals surface area (Å²) in [6, 6.07) is 12.4. The van der Waals surface area contributed by atoms with Gasteiger partial charge >= 0.3 is 0 Å². The van der Waals surface area contributed by atoms with Crippen molar-refractivity contribution < 1.29 is 4.79 Å². The van der Waals surface area contributed by atoms with Crippen LogP contribution in [0.1, 0.15) is 12.0 Å². The van der Waals surface area contributed by atoms with Gasteiger partial charge in [-0.05, 0) is 42.3 Å². The van der Waals surface area contributed by atoms with Crippen LogP contribution >= 0.6 is 34.8 Å². The quantitative estimate of drug-likeness (QED) is 0.819. The third-order valence-corrected chi connectivity index (χ3v) is 3.52. The molecule has 5 heteroatoms. The van der Waals surface area contributed by atoms with Gasteiger partial charge < -0.3 is 5.32 Å². The van der Waals surface area contributed by atoms with Crippen molar-refractivity contribution in [3.63, 3.8) is 0 Å². The first kappa shape index (κ1) is 15.2. The number of rotatable bonds is 4. The number of carbonyl (C=O) groups excluding carboxylic acids is 1. The number of amides is 1. The Morgan fingerprint density at radius 3 is 2.45 bits per heavy atom. The molecule has 2 aromatic rings. The third-order valence-electron chi connectivity index (χ3n) is 2.73. The first-order valence-corrected chi connectivity index (χ1v) is 7.17. The normalized spacial score (nSPS) is 10.3. The number of halogens is 3. The van der Waals surface area contributed by atoms with E-state index in [0.717, 1.165) is 5.56 Å². The second-order valence-corrected chi connectivity index (χ2v) is 5.58. The molecule has 0 bridgehead atoms. The number of hydrogen-bond donors (Lipinski definition) is 1. The predicted octanol–water partition coefficient (Wildman–Crippen LogP) is 5.22. The zero-order valence-electron chi connectivity index (χ0n) is 10.5. The Kier molecular flexibility index (Phi) is 5.30. The fraction of sp³-hybridized carbons (Fsp3) is 0.133. The van der Waals surface area contributed by atoms with Crippen molar-refractivity contribution in [2.75, 3.05) is 5.32 Å². The molecule has 0 fully saturated rings. The summed E-state index contributed by atoms with van der Waals surface area (Å²) in [5.74, 6) is -0.103. The highest BCUT2D eigenvalue weighted by Crippen LogP contribution is 2.25. The van der Waals surface area contributed by atoms with Crippen molar-refractivity contribution in [3.8, 4) is 0 Å².